The molecule has 2 rings (SSSR count). The predicted octanol–water partition coefficient (Wildman–Crippen LogP) is 2.58. The number of nitrogens with two attached hydrogens (primary N) is 1. The van der Waals surface area contributed by atoms with Gasteiger partial charge in [0.2, 0.25) is 0 Å². The highest BCUT2D eigenvalue weighted by Gasteiger charge is 2.13. The van der Waals surface area contributed by atoms with Crippen LogP contribution in [0.1, 0.15) is 15.2 Å². The van der Waals surface area contributed by atoms with Gasteiger partial charge in [0.25, 0.3) is 5.91 Å². The Hall–Kier alpha value is -1.95. The summed E-state index contributed by atoms with van der Waals surface area (Å²) in [4.78, 5) is 12.9. The summed E-state index contributed by atoms with van der Waals surface area (Å²) >= 11 is 1.59. The van der Waals surface area contributed by atoms with Crippen molar-refractivity contribution >= 4 is 22.9 Å². The van der Waals surface area contributed by atoms with Crippen molar-refractivity contribution in [2.45, 2.75) is 6.42 Å². The molecule has 0 saturated carbocycles. The van der Waals surface area contributed by atoms with Crippen LogP contribution in [0.4, 0.5) is 14.5 Å². The predicted molar refractivity (Wildman–Crippen MR) is 71.1 cm³/mol. The van der Waals surface area contributed by atoms with Crippen molar-refractivity contribution in [3.8, 4) is 0 Å². The second-order valence-corrected chi connectivity index (χ2v) is 4.97. The largest absolute Gasteiger partial charge is 0.398 e. The maximum Gasteiger partial charge on any atom is 0.253 e. The average Bonchev–Trinajstić information content (AvgIpc) is 2.86. The van der Waals surface area contributed by atoms with E-state index in [1.165, 1.54) is 0 Å². The Morgan fingerprint density at radius 2 is 2.05 bits per heavy atom. The highest BCUT2D eigenvalue weighted by atomic mass is 32.1. The Morgan fingerprint density at radius 3 is 2.74 bits per heavy atom. The first-order valence-electron chi connectivity index (χ1n) is 5.63. The van der Waals surface area contributed by atoms with Crippen molar-refractivity contribution in [1.29, 1.82) is 0 Å². The van der Waals surface area contributed by atoms with Gasteiger partial charge in [-0.2, -0.15) is 0 Å². The quantitative estimate of drug-likeness (QED) is 0.847. The number of carbonyl (C=O) groups is 1. The summed E-state index contributed by atoms with van der Waals surface area (Å²) in [5.41, 5.74) is 5.36. The van der Waals surface area contributed by atoms with Crippen LogP contribution in [0.2, 0.25) is 0 Å². The van der Waals surface area contributed by atoms with Crippen LogP contribution < -0.4 is 11.1 Å². The van der Waals surface area contributed by atoms with E-state index in [1.54, 1.807) is 11.3 Å². The first kappa shape index (κ1) is 13.5. The Kier molecular flexibility index (Phi) is 4.11. The summed E-state index contributed by atoms with van der Waals surface area (Å²) in [7, 11) is 0. The number of amides is 1. The second-order valence-electron chi connectivity index (χ2n) is 3.94. The molecule has 6 heteroatoms. The van der Waals surface area contributed by atoms with Crippen molar-refractivity contribution < 1.29 is 13.6 Å². The molecule has 0 aliphatic rings. The molecule has 0 aliphatic carbocycles. The van der Waals surface area contributed by atoms with Gasteiger partial charge in [0, 0.05) is 23.2 Å². The van der Waals surface area contributed by atoms with Crippen molar-refractivity contribution in [3.63, 3.8) is 0 Å². The number of anilines is 1. The molecule has 0 radical (unpaired) electrons. The third-order valence-electron chi connectivity index (χ3n) is 2.57. The van der Waals surface area contributed by atoms with E-state index in [0.717, 1.165) is 17.0 Å². The minimum atomic E-state index is -1.09. The standard InChI is InChI=1S/C13H12F2N2OS/c14-10-6-9(12(16)7-11(10)15)13(18)17-4-3-8-2-1-5-19-8/h1-2,5-7H,3-4,16H2,(H,17,18). The first-order chi connectivity index (χ1) is 9.08. The fraction of sp³-hybridized carbons (Fsp3) is 0.154. The molecule has 0 spiro atoms. The van der Waals surface area contributed by atoms with Gasteiger partial charge in [-0.05, 0) is 23.9 Å². The molecule has 1 heterocycles. The third-order valence-corrected chi connectivity index (χ3v) is 3.51. The summed E-state index contributed by atoms with van der Waals surface area (Å²) in [5, 5.41) is 4.57. The lowest BCUT2D eigenvalue weighted by Crippen LogP contribution is -2.26. The number of hydrogen-bond donors (Lipinski definition) is 2. The molecule has 1 aromatic carbocycles. The van der Waals surface area contributed by atoms with Crippen LogP contribution in [0.3, 0.4) is 0 Å². The number of nitrogens with one attached hydrogen (secondary N) is 1. The number of hydrogen-bond acceptors (Lipinski definition) is 3. The Balaban J connectivity index is 1.98. The minimum absolute atomic E-state index is 0.0509. The zero-order valence-corrected chi connectivity index (χ0v) is 10.8. The van der Waals surface area contributed by atoms with E-state index in [-0.39, 0.29) is 11.3 Å². The molecule has 0 atom stereocenters. The molecule has 0 bridgehead atoms. The molecule has 3 N–H and O–H groups in total. The highest BCUT2D eigenvalue weighted by molar-refractivity contribution is 7.09. The van der Waals surface area contributed by atoms with Gasteiger partial charge in [0.15, 0.2) is 11.6 Å². The zero-order chi connectivity index (χ0) is 13.8. The molecule has 19 heavy (non-hydrogen) atoms. The van der Waals surface area contributed by atoms with Crippen LogP contribution in [0.15, 0.2) is 29.6 Å². The van der Waals surface area contributed by atoms with Gasteiger partial charge in [-0.3, -0.25) is 4.79 Å². The summed E-state index contributed by atoms with van der Waals surface area (Å²) in [6, 6.07) is 5.51. The van der Waals surface area contributed by atoms with Gasteiger partial charge in [-0.1, -0.05) is 6.07 Å². The van der Waals surface area contributed by atoms with Gasteiger partial charge in [-0.15, -0.1) is 11.3 Å². The second kappa shape index (κ2) is 5.79. The highest BCUT2D eigenvalue weighted by Crippen LogP contribution is 2.17. The van der Waals surface area contributed by atoms with Gasteiger partial charge in [-0.25, -0.2) is 8.78 Å². The SMILES string of the molecule is Nc1cc(F)c(F)cc1C(=O)NCCc1cccs1. The zero-order valence-electron chi connectivity index (χ0n) is 9.95. The number of halogens is 2. The number of carbonyl (C=O) groups excluding carboxylic acids is 1. The van der Waals surface area contributed by atoms with Gasteiger partial charge < -0.3 is 11.1 Å². The molecule has 0 saturated heterocycles. The van der Waals surface area contributed by atoms with Crippen LogP contribution >= 0.6 is 11.3 Å². The van der Waals surface area contributed by atoms with Crippen LogP contribution in [0, 0.1) is 11.6 Å². The van der Waals surface area contributed by atoms with Crippen LogP contribution in [-0.2, 0) is 6.42 Å². The van der Waals surface area contributed by atoms with E-state index in [1.807, 2.05) is 17.5 Å². The first-order valence-corrected chi connectivity index (χ1v) is 6.51. The van der Waals surface area contributed by atoms with E-state index >= 15 is 0 Å². The summed E-state index contributed by atoms with van der Waals surface area (Å²) in [6.07, 6.45) is 0.687. The number of benzene rings is 1. The van der Waals surface area contributed by atoms with E-state index in [2.05, 4.69) is 5.32 Å². The Morgan fingerprint density at radius 1 is 1.32 bits per heavy atom. The maximum absolute atomic E-state index is 13.1. The molecule has 100 valence electrons. The van der Waals surface area contributed by atoms with Gasteiger partial charge in [0.1, 0.15) is 0 Å². The van der Waals surface area contributed by atoms with E-state index in [0.29, 0.717) is 13.0 Å². The van der Waals surface area contributed by atoms with E-state index in [9.17, 15) is 13.6 Å². The minimum Gasteiger partial charge on any atom is -0.398 e. The fourth-order valence-electron chi connectivity index (χ4n) is 1.61. The fourth-order valence-corrected chi connectivity index (χ4v) is 2.32. The van der Waals surface area contributed by atoms with Crippen LogP contribution in [-0.4, -0.2) is 12.5 Å². The van der Waals surface area contributed by atoms with Crippen LogP contribution in [0.25, 0.3) is 0 Å². The van der Waals surface area contributed by atoms with Crippen LogP contribution in [0.5, 0.6) is 0 Å². The number of rotatable bonds is 4. The lowest BCUT2D eigenvalue weighted by Gasteiger charge is -2.07. The monoisotopic (exact) mass is 282 g/mol. The number of thiophene rings is 1. The third kappa shape index (κ3) is 3.29. The molecule has 1 aromatic heterocycles. The van der Waals surface area contributed by atoms with Crippen molar-refractivity contribution in [2.75, 3.05) is 12.3 Å². The molecule has 0 aliphatic heterocycles. The van der Waals surface area contributed by atoms with Crippen molar-refractivity contribution in [3.05, 3.63) is 51.7 Å². The normalized spacial score (nSPS) is 10.4. The smallest absolute Gasteiger partial charge is 0.253 e. The van der Waals surface area contributed by atoms with Crippen molar-refractivity contribution in [1.82, 2.24) is 5.32 Å². The van der Waals surface area contributed by atoms with Crippen molar-refractivity contribution in [2.24, 2.45) is 0 Å². The van der Waals surface area contributed by atoms with Gasteiger partial charge >= 0.3 is 0 Å². The number of nitrogen functional groups attached to an aromatic ring is 1. The molecule has 0 fully saturated rings. The Labute approximate surface area is 113 Å². The topological polar surface area (TPSA) is 55.1 Å². The summed E-state index contributed by atoms with van der Waals surface area (Å²) < 4.78 is 25.9. The maximum atomic E-state index is 13.1. The molecule has 2 aromatic rings. The molecule has 0 unspecified atom stereocenters. The lowest BCUT2D eigenvalue weighted by atomic mass is 10.1. The average molecular weight is 282 g/mol. The lowest BCUT2D eigenvalue weighted by molar-refractivity contribution is 0.0954. The molecular weight excluding hydrogens is 270 g/mol. The molecule has 3 nitrogen and oxygen atoms in total. The van der Waals surface area contributed by atoms with E-state index < -0.39 is 17.5 Å². The Bertz CT molecular complexity index is 585. The van der Waals surface area contributed by atoms with E-state index in [4.69, 9.17) is 5.73 Å². The van der Waals surface area contributed by atoms with Gasteiger partial charge in [0.05, 0.1) is 5.56 Å². The summed E-state index contributed by atoms with van der Waals surface area (Å²) in [6.45, 7) is 0.414. The molecular formula is C13H12F2N2OS. The molecule has 1 amide bonds. The summed E-state index contributed by atoms with van der Waals surface area (Å²) in [5.74, 6) is -2.65.